The Kier molecular flexibility index (Phi) is 5.57. The van der Waals surface area contributed by atoms with Gasteiger partial charge in [-0.1, -0.05) is 15.9 Å². The zero-order valence-electron chi connectivity index (χ0n) is 12.9. The van der Waals surface area contributed by atoms with Gasteiger partial charge in [0.25, 0.3) is 0 Å². The molecule has 1 aromatic carbocycles. The predicted octanol–water partition coefficient (Wildman–Crippen LogP) is 3.56. The molecular formula is C16H14Br2N2O4. The van der Waals surface area contributed by atoms with Gasteiger partial charge in [0.1, 0.15) is 23.2 Å². The first-order valence-corrected chi connectivity index (χ1v) is 8.53. The second-order valence-electron chi connectivity index (χ2n) is 4.94. The number of ether oxygens (including phenoxy) is 2. The van der Waals surface area contributed by atoms with Crippen molar-refractivity contribution in [3.8, 4) is 11.8 Å². The molecule has 0 amide bonds. The topological polar surface area (TPSA) is 106 Å². The van der Waals surface area contributed by atoms with Crippen molar-refractivity contribution in [2.24, 2.45) is 5.73 Å². The van der Waals surface area contributed by atoms with Gasteiger partial charge in [-0.15, -0.1) is 0 Å². The number of esters is 1. The van der Waals surface area contributed by atoms with Crippen LogP contribution in [0.1, 0.15) is 25.3 Å². The highest BCUT2D eigenvalue weighted by molar-refractivity contribution is 9.11. The zero-order valence-corrected chi connectivity index (χ0v) is 16.1. The SMILES string of the molecule is CCOC(=O)C1=C(C)OC(N)=C(C#N)C1c1cc(Br)cc(Br)c1O. The van der Waals surface area contributed by atoms with Gasteiger partial charge in [-0.05, 0) is 41.9 Å². The molecule has 6 nitrogen and oxygen atoms in total. The summed E-state index contributed by atoms with van der Waals surface area (Å²) >= 11 is 6.59. The number of hydrogen-bond donors (Lipinski definition) is 2. The Morgan fingerprint density at radius 3 is 2.75 bits per heavy atom. The van der Waals surface area contributed by atoms with Crippen LogP contribution in [-0.2, 0) is 14.3 Å². The molecule has 2 rings (SSSR count). The van der Waals surface area contributed by atoms with Crippen LogP contribution in [0.2, 0.25) is 0 Å². The highest BCUT2D eigenvalue weighted by atomic mass is 79.9. The van der Waals surface area contributed by atoms with E-state index in [0.717, 1.165) is 0 Å². The molecule has 0 fully saturated rings. The monoisotopic (exact) mass is 456 g/mol. The molecule has 1 aromatic rings. The quantitative estimate of drug-likeness (QED) is 0.672. The van der Waals surface area contributed by atoms with E-state index < -0.39 is 11.9 Å². The van der Waals surface area contributed by atoms with E-state index in [2.05, 4.69) is 31.9 Å². The maximum Gasteiger partial charge on any atom is 0.338 e. The lowest BCUT2D eigenvalue weighted by atomic mass is 9.82. The zero-order chi connectivity index (χ0) is 18.0. The lowest BCUT2D eigenvalue weighted by Crippen LogP contribution is -2.25. The minimum absolute atomic E-state index is 0.0314. The number of benzene rings is 1. The summed E-state index contributed by atoms with van der Waals surface area (Å²) < 4.78 is 11.5. The minimum atomic E-state index is -0.892. The standard InChI is InChI=1S/C16H14Br2N2O4/c1-3-23-16(22)12-7(2)24-15(20)10(6-19)13(12)9-4-8(17)5-11(18)14(9)21/h4-5,13,21H,3,20H2,1-2H3. The minimum Gasteiger partial charge on any atom is -0.506 e. The van der Waals surface area contributed by atoms with Crippen LogP contribution in [0.5, 0.6) is 5.75 Å². The number of carbonyl (C=O) groups excluding carboxylic acids is 1. The van der Waals surface area contributed by atoms with Gasteiger partial charge >= 0.3 is 5.97 Å². The van der Waals surface area contributed by atoms with E-state index in [4.69, 9.17) is 15.2 Å². The second-order valence-corrected chi connectivity index (χ2v) is 6.71. The molecule has 1 atom stereocenters. The first kappa shape index (κ1) is 18.4. The third-order valence-electron chi connectivity index (χ3n) is 3.47. The first-order chi connectivity index (χ1) is 11.3. The Labute approximate surface area is 155 Å². The van der Waals surface area contributed by atoms with Crippen molar-refractivity contribution in [1.82, 2.24) is 0 Å². The van der Waals surface area contributed by atoms with Crippen molar-refractivity contribution in [2.45, 2.75) is 19.8 Å². The number of carbonyl (C=O) groups is 1. The van der Waals surface area contributed by atoms with Gasteiger partial charge in [-0.2, -0.15) is 5.26 Å². The normalized spacial score (nSPS) is 17.4. The lowest BCUT2D eigenvalue weighted by molar-refractivity contribution is -0.139. The van der Waals surface area contributed by atoms with E-state index in [-0.39, 0.29) is 35.1 Å². The number of allylic oxidation sites excluding steroid dienone is 2. The summed E-state index contributed by atoms with van der Waals surface area (Å²) in [5.41, 5.74) is 6.31. The summed E-state index contributed by atoms with van der Waals surface area (Å²) in [5.74, 6) is -1.50. The highest BCUT2D eigenvalue weighted by Gasteiger charge is 2.38. The number of nitrogens with zero attached hydrogens (tertiary/aromatic N) is 1. The maximum absolute atomic E-state index is 12.4. The molecule has 0 saturated heterocycles. The molecule has 24 heavy (non-hydrogen) atoms. The molecule has 0 bridgehead atoms. The number of aromatic hydroxyl groups is 1. The van der Waals surface area contributed by atoms with Crippen LogP contribution in [0, 0.1) is 11.3 Å². The average Bonchev–Trinajstić information content (AvgIpc) is 2.50. The van der Waals surface area contributed by atoms with Crippen molar-refractivity contribution >= 4 is 37.8 Å². The van der Waals surface area contributed by atoms with Crippen molar-refractivity contribution in [3.05, 3.63) is 49.4 Å². The smallest absolute Gasteiger partial charge is 0.338 e. The fourth-order valence-electron chi connectivity index (χ4n) is 2.47. The Bertz CT molecular complexity index is 809. The molecule has 8 heteroatoms. The summed E-state index contributed by atoms with van der Waals surface area (Å²) in [7, 11) is 0. The van der Waals surface area contributed by atoms with Crippen molar-refractivity contribution in [2.75, 3.05) is 6.61 Å². The van der Waals surface area contributed by atoms with Gasteiger partial charge in [-0.25, -0.2) is 4.79 Å². The van der Waals surface area contributed by atoms with Gasteiger partial charge in [0.15, 0.2) is 0 Å². The van der Waals surface area contributed by atoms with Crippen LogP contribution in [0.25, 0.3) is 0 Å². The summed E-state index contributed by atoms with van der Waals surface area (Å²) in [6.45, 7) is 3.40. The molecule has 126 valence electrons. The Balaban J connectivity index is 2.75. The average molecular weight is 458 g/mol. The van der Waals surface area contributed by atoms with Crippen LogP contribution in [0.3, 0.4) is 0 Å². The molecule has 0 saturated carbocycles. The lowest BCUT2D eigenvalue weighted by Gasteiger charge is -2.27. The van der Waals surface area contributed by atoms with Crippen molar-refractivity contribution in [1.29, 1.82) is 5.26 Å². The van der Waals surface area contributed by atoms with E-state index in [1.807, 2.05) is 6.07 Å². The molecule has 0 radical (unpaired) electrons. The van der Waals surface area contributed by atoms with Crippen LogP contribution in [0.15, 0.2) is 43.9 Å². The van der Waals surface area contributed by atoms with Gasteiger partial charge in [0.05, 0.1) is 22.6 Å². The van der Waals surface area contributed by atoms with Crippen molar-refractivity contribution < 1.29 is 19.4 Å². The number of rotatable bonds is 3. The number of nitriles is 1. The van der Waals surface area contributed by atoms with Gasteiger partial charge in [0.2, 0.25) is 5.88 Å². The van der Waals surface area contributed by atoms with E-state index >= 15 is 0 Å². The molecule has 0 aromatic heterocycles. The van der Waals surface area contributed by atoms with Gasteiger partial charge in [-0.3, -0.25) is 0 Å². The van der Waals surface area contributed by atoms with E-state index in [1.165, 1.54) is 0 Å². The Morgan fingerprint density at radius 2 is 2.17 bits per heavy atom. The van der Waals surface area contributed by atoms with Gasteiger partial charge < -0.3 is 20.3 Å². The summed E-state index contributed by atoms with van der Waals surface area (Å²) in [4.78, 5) is 12.4. The molecule has 1 heterocycles. The van der Waals surface area contributed by atoms with Crippen LogP contribution < -0.4 is 5.73 Å². The predicted molar refractivity (Wildman–Crippen MR) is 93.5 cm³/mol. The summed E-state index contributed by atoms with van der Waals surface area (Å²) in [6, 6.07) is 5.23. The molecule has 1 unspecified atom stereocenters. The summed E-state index contributed by atoms with van der Waals surface area (Å²) in [6.07, 6.45) is 0. The number of halogens is 2. The molecule has 1 aliphatic rings. The molecule has 1 aliphatic heterocycles. The Hall–Kier alpha value is -1.98. The van der Waals surface area contributed by atoms with Crippen molar-refractivity contribution in [3.63, 3.8) is 0 Å². The van der Waals surface area contributed by atoms with E-state index in [0.29, 0.717) is 14.5 Å². The van der Waals surface area contributed by atoms with Gasteiger partial charge in [0, 0.05) is 10.0 Å². The number of phenolic OH excluding ortho intramolecular Hbond substituents is 1. The van der Waals surface area contributed by atoms with Crippen LogP contribution in [-0.4, -0.2) is 17.7 Å². The highest BCUT2D eigenvalue weighted by Crippen LogP contribution is 2.45. The molecule has 0 spiro atoms. The second kappa shape index (κ2) is 7.28. The maximum atomic E-state index is 12.4. The summed E-state index contributed by atoms with van der Waals surface area (Å²) in [5, 5.41) is 19.9. The third kappa shape index (κ3) is 3.28. The first-order valence-electron chi connectivity index (χ1n) is 6.95. The molecular weight excluding hydrogens is 444 g/mol. The largest absolute Gasteiger partial charge is 0.506 e. The number of nitrogens with two attached hydrogens (primary N) is 1. The fourth-order valence-corrected chi connectivity index (χ4v) is 3.73. The van der Waals surface area contributed by atoms with Crippen LogP contribution >= 0.6 is 31.9 Å². The van der Waals surface area contributed by atoms with Crippen LogP contribution in [0.4, 0.5) is 0 Å². The van der Waals surface area contributed by atoms with E-state index in [9.17, 15) is 15.2 Å². The third-order valence-corrected chi connectivity index (χ3v) is 4.53. The van der Waals surface area contributed by atoms with E-state index in [1.54, 1.807) is 26.0 Å². The molecule has 3 N–H and O–H groups in total. The number of hydrogen-bond acceptors (Lipinski definition) is 6. The number of phenols is 1. The Morgan fingerprint density at radius 1 is 1.50 bits per heavy atom. The fraction of sp³-hybridized carbons (Fsp3) is 0.250. The molecule has 0 aliphatic carbocycles.